The maximum Gasteiger partial charge on any atom is 0.175 e. The average Bonchev–Trinajstić information content (AvgIpc) is 2.39. The van der Waals surface area contributed by atoms with Crippen LogP contribution in [0.5, 0.6) is 0 Å². The first-order valence-electron chi connectivity index (χ1n) is 7.15. The third kappa shape index (κ3) is 4.30. The van der Waals surface area contributed by atoms with Crippen molar-refractivity contribution >= 4 is 9.84 Å². The molecule has 1 saturated heterocycles. The van der Waals surface area contributed by atoms with E-state index in [0.29, 0.717) is 4.90 Å². The predicted molar refractivity (Wildman–Crippen MR) is 81.5 cm³/mol. The van der Waals surface area contributed by atoms with Crippen molar-refractivity contribution in [1.82, 2.24) is 10.2 Å². The zero-order valence-electron chi connectivity index (χ0n) is 12.3. The third-order valence-electron chi connectivity index (χ3n) is 3.85. The molecule has 0 aliphatic carbocycles. The van der Waals surface area contributed by atoms with E-state index in [1.165, 1.54) is 24.7 Å². The molecule has 1 unspecified atom stereocenters. The molecular formula is C15H24N2O2S. The van der Waals surface area contributed by atoms with Crippen LogP contribution in [0.15, 0.2) is 29.2 Å². The van der Waals surface area contributed by atoms with Gasteiger partial charge >= 0.3 is 0 Å². The van der Waals surface area contributed by atoms with Crippen molar-refractivity contribution in [2.24, 2.45) is 5.92 Å². The molecule has 0 radical (unpaired) electrons. The van der Waals surface area contributed by atoms with E-state index in [-0.39, 0.29) is 0 Å². The van der Waals surface area contributed by atoms with Crippen molar-refractivity contribution in [2.45, 2.75) is 24.3 Å². The van der Waals surface area contributed by atoms with Gasteiger partial charge in [-0.25, -0.2) is 8.42 Å². The highest BCUT2D eigenvalue weighted by Gasteiger charge is 2.19. The fourth-order valence-corrected chi connectivity index (χ4v) is 3.48. The Hall–Kier alpha value is -0.910. The molecule has 4 nitrogen and oxygen atoms in total. The van der Waals surface area contributed by atoms with Gasteiger partial charge in [0.1, 0.15) is 0 Å². The van der Waals surface area contributed by atoms with Gasteiger partial charge in [-0.2, -0.15) is 0 Å². The minimum atomic E-state index is -3.09. The van der Waals surface area contributed by atoms with Crippen molar-refractivity contribution in [3.05, 3.63) is 29.8 Å². The lowest BCUT2D eigenvalue weighted by Crippen LogP contribution is -2.38. The minimum Gasteiger partial charge on any atom is -0.319 e. The second-order valence-electron chi connectivity index (χ2n) is 5.72. The van der Waals surface area contributed by atoms with Crippen LogP contribution in [-0.2, 0) is 16.4 Å². The summed E-state index contributed by atoms with van der Waals surface area (Å²) >= 11 is 0. The predicted octanol–water partition coefficient (Wildman–Crippen LogP) is 1.52. The van der Waals surface area contributed by atoms with Gasteiger partial charge in [0.2, 0.25) is 0 Å². The monoisotopic (exact) mass is 296 g/mol. The van der Waals surface area contributed by atoms with Crippen LogP contribution >= 0.6 is 0 Å². The van der Waals surface area contributed by atoms with E-state index in [0.717, 1.165) is 32.1 Å². The minimum absolute atomic E-state index is 0.396. The zero-order valence-corrected chi connectivity index (χ0v) is 13.1. The summed E-state index contributed by atoms with van der Waals surface area (Å²) in [5, 5.41) is 3.25. The van der Waals surface area contributed by atoms with E-state index in [1.807, 2.05) is 19.2 Å². The Bertz CT molecular complexity index is 523. The average molecular weight is 296 g/mol. The summed E-state index contributed by atoms with van der Waals surface area (Å²) in [4.78, 5) is 2.86. The van der Waals surface area contributed by atoms with Crippen molar-refractivity contribution in [2.75, 3.05) is 32.9 Å². The summed E-state index contributed by atoms with van der Waals surface area (Å²) in [6.07, 6.45) is 3.78. The van der Waals surface area contributed by atoms with Gasteiger partial charge in [-0.15, -0.1) is 0 Å². The van der Waals surface area contributed by atoms with Crippen LogP contribution in [0.3, 0.4) is 0 Å². The smallest absolute Gasteiger partial charge is 0.175 e. The SMILES string of the molecule is CNCC1CCCN(Cc2ccc(S(C)(=O)=O)cc2)C1. The number of benzene rings is 1. The van der Waals surface area contributed by atoms with Crippen LogP contribution < -0.4 is 5.32 Å². The first-order valence-corrected chi connectivity index (χ1v) is 9.04. The Kier molecular flexibility index (Phi) is 5.18. The van der Waals surface area contributed by atoms with Crippen molar-refractivity contribution in [1.29, 1.82) is 0 Å². The van der Waals surface area contributed by atoms with Gasteiger partial charge < -0.3 is 5.32 Å². The van der Waals surface area contributed by atoms with Crippen molar-refractivity contribution in [3.63, 3.8) is 0 Å². The summed E-state index contributed by atoms with van der Waals surface area (Å²) in [5.41, 5.74) is 1.18. The maximum atomic E-state index is 11.4. The quantitative estimate of drug-likeness (QED) is 0.895. The molecule has 1 atom stereocenters. The van der Waals surface area contributed by atoms with Gasteiger partial charge in [-0.3, -0.25) is 4.90 Å². The molecule has 1 aliphatic rings. The molecule has 5 heteroatoms. The van der Waals surface area contributed by atoms with Gasteiger partial charge in [0.25, 0.3) is 0 Å². The standard InChI is InChI=1S/C15H24N2O2S/c1-16-10-14-4-3-9-17(12-14)11-13-5-7-15(8-6-13)20(2,18)19/h5-8,14,16H,3-4,9-12H2,1-2H3. The molecule has 1 heterocycles. The van der Waals surface area contributed by atoms with Gasteiger partial charge in [-0.05, 0) is 56.6 Å². The summed E-state index contributed by atoms with van der Waals surface area (Å²) < 4.78 is 22.9. The van der Waals surface area contributed by atoms with Crippen LogP contribution in [0, 0.1) is 5.92 Å². The molecule has 1 aliphatic heterocycles. The molecule has 0 bridgehead atoms. The Labute approximate surface area is 122 Å². The van der Waals surface area contributed by atoms with Gasteiger partial charge in [0, 0.05) is 19.3 Å². The molecule has 1 aromatic carbocycles. The topological polar surface area (TPSA) is 49.4 Å². The highest BCUT2D eigenvalue weighted by Crippen LogP contribution is 2.19. The van der Waals surface area contributed by atoms with Crippen LogP contribution in [0.1, 0.15) is 18.4 Å². The molecule has 20 heavy (non-hydrogen) atoms. The first kappa shape index (κ1) is 15.5. The van der Waals surface area contributed by atoms with E-state index in [9.17, 15) is 8.42 Å². The molecule has 2 rings (SSSR count). The highest BCUT2D eigenvalue weighted by atomic mass is 32.2. The van der Waals surface area contributed by atoms with E-state index in [1.54, 1.807) is 12.1 Å². The number of piperidine rings is 1. The largest absolute Gasteiger partial charge is 0.319 e. The molecule has 0 saturated carbocycles. The lowest BCUT2D eigenvalue weighted by Gasteiger charge is -2.32. The van der Waals surface area contributed by atoms with Gasteiger partial charge in [-0.1, -0.05) is 12.1 Å². The van der Waals surface area contributed by atoms with Crippen molar-refractivity contribution < 1.29 is 8.42 Å². The molecule has 0 aromatic heterocycles. The molecule has 0 spiro atoms. The second kappa shape index (κ2) is 6.70. The van der Waals surface area contributed by atoms with E-state index in [4.69, 9.17) is 0 Å². The zero-order chi connectivity index (χ0) is 14.6. The second-order valence-corrected chi connectivity index (χ2v) is 7.73. The Morgan fingerprint density at radius 3 is 2.60 bits per heavy atom. The molecule has 1 aromatic rings. The van der Waals surface area contributed by atoms with Crippen LogP contribution in [0.25, 0.3) is 0 Å². The van der Waals surface area contributed by atoms with Gasteiger partial charge in [0.15, 0.2) is 9.84 Å². The van der Waals surface area contributed by atoms with E-state index >= 15 is 0 Å². The number of rotatable bonds is 5. The fraction of sp³-hybridized carbons (Fsp3) is 0.600. The Morgan fingerprint density at radius 2 is 2.00 bits per heavy atom. The molecular weight excluding hydrogens is 272 g/mol. The normalized spacial score (nSPS) is 21.0. The van der Waals surface area contributed by atoms with Crippen LogP contribution in [0.2, 0.25) is 0 Å². The number of nitrogens with zero attached hydrogens (tertiary/aromatic N) is 1. The molecule has 112 valence electrons. The van der Waals surface area contributed by atoms with E-state index in [2.05, 4.69) is 10.2 Å². The van der Waals surface area contributed by atoms with Crippen LogP contribution in [0.4, 0.5) is 0 Å². The Morgan fingerprint density at radius 1 is 1.30 bits per heavy atom. The fourth-order valence-electron chi connectivity index (χ4n) is 2.85. The summed E-state index contributed by atoms with van der Waals surface area (Å²) in [5.74, 6) is 0.726. The number of nitrogens with one attached hydrogen (secondary N) is 1. The van der Waals surface area contributed by atoms with E-state index < -0.39 is 9.84 Å². The van der Waals surface area contributed by atoms with Gasteiger partial charge in [0.05, 0.1) is 4.90 Å². The molecule has 1 fully saturated rings. The number of likely N-dealkylation sites (tertiary alicyclic amines) is 1. The summed E-state index contributed by atoms with van der Waals surface area (Å²) in [6, 6.07) is 7.27. The highest BCUT2D eigenvalue weighted by molar-refractivity contribution is 7.90. The summed E-state index contributed by atoms with van der Waals surface area (Å²) in [6.45, 7) is 4.23. The summed E-state index contributed by atoms with van der Waals surface area (Å²) in [7, 11) is -1.09. The maximum absolute atomic E-state index is 11.4. The van der Waals surface area contributed by atoms with Crippen molar-refractivity contribution in [3.8, 4) is 0 Å². The van der Waals surface area contributed by atoms with Crippen LogP contribution in [-0.4, -0.2) is 46.3 Å². The lowest BCUT2D eigenvalue weighted by molar-refractivity contribution is 0.167. The first-order chi connectivity index (χ1) is 9.49. The third-order valence-corrected chi connectivity index (χ3v) is 4.98. The number of sulfone groups is 1. The number of hydrogen-bond acceptors (Lipinski definition) is 4. The molecule has 0 amide bonds. The lowest BCUT2D eigenvalue weighted by atomic mass is 9.97. The molecule has 1 N–H and O–H groups in total. The number of hydrogen-bond donors (Lipinski definition) is 1. The Balaban J connectivity index is 1.96.